The van der Waals surface area contributed by atoms with Gasteiger partial charge >= 0.3 is 17.9 Å². The van der Waals surface area contributed by atoms with Crippen molar-refractivity contribution in [3.05, 3.63) is 36.0 Å². The number of aliphatic hydroxyl groups excluding tert-OH is 1. The molecule has 0 radical (unpaired) electrons. The fourth-order valence-electron chi connectivity index (χ4n) is 6.19. The first kappa shape index (κ1) is 24.2. The van der Waals surface area contributed by atoms with Gasteiger partial charge < -0.3 is 28.8 Å². The first-order chi connectivity index (χ1) is 16.7. The van der Waals surface area contributed by atoms with Gasteiger partial charge in [0.25, 0.3) is 0 Å². The summed E-state index contributed by atoms with van der Waals surface area (Å²) in [6.07, 6.45) is 7.29. The highest BCUT2D eigenvalue weighted by Crippen LogP contribution is 2.65. The Morgan fingerprint density at radius 1 is 1.06 bits per heavy atom. The molecule has 3 aliphatic heterocycles. The molecule has 2 spiro atoms. The molecule has 3 fully saturated rings. The van der Waals surface area contributed by atoms with E-state index in [1.54, 1.807) is 6.92 Å². The molecule has 35 heavy (non-hydrogen) atoms. The Kier molecular flexibility index (Phi) is 6.35. The van der Waals surface area contributed by atoms with Crippen molar-refractivity contribution in [3.63, 3.8) is 0 Å². The van der Waals surface area contributed by atoms with Crippen LogP contribution in [-0.4, -0.2) is 72.9 Å². The number of carbonyl (C=O) groups is 3. The van der Waals surface area contributed by atoms with Crippen LogP contribution in [0.25, 0.3) is 0 Å². The van der Waals surface area contributed by atoms with Crippen LogP contribution in [0.3, 0.4) is 0 Å². The number of cyclic esters (lactones) is 2. The molecule has 4 unspecified atom stereocenters. The fourth-order valence-corrected chi connectivity index (χ4v) is 6.19. The van der Waals surface area contributed by atoms with E-state index in [9.17, 15) is 19.5 Å². The number of epoxide rings is 1. The van der Waals surface area contributed by atoms with E-state index in [0.29, 0.717) is 25.9 Å². The van der Waals surface area contributed by atoms with Crippen LogP contribution >= 0.6 is 0 Å². The zero-order valence-corrected chi connectivity index (χ0v) is 20.0. The highest BCUT2D eigenvalue weighted by molar-refractivity contribution is 5.84. The van der Waals surface area contributed by atoms with Gasteiger partial charge in [-0.3, -0.25) is 0 Å². The number of hydrogen-bond acceptors (Lipinski definition) is 9. The second-order valence-electron chi connectivity index (χ2n) is 10.4. The van der Waals surface area contributed by atoms with Crippen molar-refractivity contribution in [1.29, 1.82) is 0 Å². The van der Waals surface area contributed by atoms with Crippen molar-refractivity contribution >= 4 is 17.9 Å². The molecule has 1 N–H and O–H groups in total. The van der Waals surface area contributed by atoms with Crippen molar-refractivity contribution in [1.82, 2.24) is 0 Å². The lowest BCUT2D eigenvalue weighted by molar-refractivity contribution is -0.199. The van der Waals surface area contributed by atoms with E-state index in [2.05, 4.69) is 13.0 Å². The van der Waals surface area contributed by atoms with Crippen molar-refractivity contribution in [2.45, 2.75) is 69.5 Å². The number of allylic oxidation sites excluding steroid dienone is 3. The summed E-state index contributed by atoms with van der Waals surface area (Å²) in [5, 5.41) is 10.6. The Morgan fingerprint density at radius 3 is 2.54 bits per heavy atom. The molecule has 5 rings (SSSR count). The van der Waals surface area contributed by atoms with Gasteiger partial charge in [0.05, 0.1) is 25.4 Å². The molecule has 0 aromatic carbocycles. The van der Waals surface area contributed by atoms with Crippen molar-refractivity contribution in [3.8, 4) is 0 Å². The monoisotopic (exact) mass is 488 g/mol. The molecule has 8 atom stereocenters. The zero-order valence-electron chi connectivity index (χ0n) is 20.0. The van der Waals surface area contributed by atoms with E-state index in [-0.39, 0.29) is 31.3 Å². The van der Waals surface area contributed by atoms with E-state index in [1.807, 2.05) is 0 Å². The molecule has 0 aromatic heterocycles. The summed E-state index contributed by atoms with van der Waals surface area (Å²) in [4.78, 5) is 37.3. The first-order valence-corrected chi connectivity index (χ1v) is 12.3. The quantitative estimate of drug-likeness (QED) is 0.235. The van der Waals surface area contributed by atoms with Gasteiger partial charge in [0, 0.05) is 29.9 Å². The van der Waals surface area contributed by atoms with Gasteiger partial charge in [-0.25, -0.2) is 14.4 Å². The van der Waals surface area contributed by atoms with Crippen LogP contribution in [0.15, 0.2) is 36.0 Å². The highest BCUT2D eigenvalue weighted by atomic mass is 16.6. The Hall–Kier alpha value is -2.49. The van der Waals surface area contributed by atoms with Crippen LogP contribution in [0.2, 0.25) is 0 Å². The first-order valence-electron chi connectivity index (χ1n) is 12.3. The van der Waals surface area contributed by atoms with Gasteiger partial charge in [-0.1, -0.05) is 30.7 Å². The summed E-state index contributed by atoms with van der Waals surface area (Å²) in [7, 11) is 0. The van der Waals surface area contributed by atoms with Gasteiger partial charge in [0.1, 0.15) is 18.3 Å². The molecule has 2 saturated heterocycles. The molecule has 0 amide bonds. The summed E-state index contributed by atoms with van der Waals surface area (Å²) in [6.45, 7) is 4.32. The van der Waals surface area contributed by atoms with E-state index in [0.717, 1.165) is 6.42 Å². The van der Waals surface area contributed by atoms with Crippen LogP contribution in [0.1, 0.15) is 39.5 Å². The lowest BCUT2D eigenvalue weighted by Crippen LogP contribution is -2.60. The Morgan fingerprint density at radius 2 is 1.80 bits per heavy atom. The molecule has 190 valence electrons. The normalized spacial score (nSPS) is 45.7. The molecule has 9 nitrogen and oxygen atoms in total. The summed E-state index contributed by atoms with van der Waals surface area (Å²) in [6, 6.07) is 0. The van der Waals surface area contributed by atoms with Gasteiger partial charge in [0.15, 0.2) is 6.10 Å². The average molecular weight is 489 g/mol. The predicted octanol–water partition coefficient (Wildman–Crippen LogP) is 1.78. The molecule has 2 aliphatic carbocycles. The van der Waals surface area contributed by atoms with Gasteiger partial charge in [-0.15, -0.1) is 0 Å². The summed E-state index contributed by atoms with van der Waals surface area (Å²) in [5.41, 5.74) is -0.00513. The van der Waals surface area contributed by atoms with Gasteiger partial charge in [-0.05, 0) is 32.1 Å². The second kappa shape index (κ2) is 9.19. The minimum absolute atomic E-state index is 0.0220. The molecule has 0 aromatic rings. The lowest BCUT2D eigenvalue weighted by Gasteiger charge is -2.52. The van der Waals surface area contributed by atoms with E-state index >= 15 is 0 Å². The van der Waals surface area contributed by atoms with Crippen molar-refractivity contribution in [2.75, 3.05) is 19.8 Å². The maximum atomic E-state index is 12.8. The SMILES string of the molecule is CC1=CC2OC3CC4OC(=O)/C=C\C=C\C(=O)OCC[C@@H](C)[C@H](O)C(=O)OC[C@@]2(CC1)C4[C@@]31CO1. The number of aliphatic hydroxyl groups is 1. The minimum Gasteiger partial charge on any atom is -0.463 e. The second-order valence-corrected chi connectivity index (χ2v) is 10.4. The lowest BCUT2D eigenvalue weighted by atomic mass is 9.60. The number of esters is 3. The molecule has 1 saturated carbocycles. The Bertz CT molecular complexity index is 977. The van der Waals surface area contributed by atoms with Crippen LogP contribution < -0.4 is 0 Å². The number of rotatable bonds is 0. The Labute approximate surface area is 204 Å². The maximum Gasteiger partial charge on any atom is 0.335 e. The molecule has 2 bridgehead atoms. The van der Waals surface area contributed by atoms with E-state index in [1.165, 1.54) is 29.9 Å². The van der Waals surface area contributed by atoms with Crippen LogP contribution in [-0.2, 0) is 38.1 Å². The van der Waals surface area contributed by atoms with Gasteiger partial charge in [0.2, 0.25) is 0 Å². The largest absolute Gasteiger partial charge is 0.463 e. The topological polar surface area (TPSA) is 121 Å². The summed E-state index contributed by atoms with van der Waals surface area (Å²) < 4.78 is 29.2. The molecular formula is C26H32O9. The Balaban J connectivity index is 1.48. The van der Waals surface area contributed by atoms with E-state index < -0.39 is 47.0 Å². The fraction of sp³-hybridized carbons (Fsp3) is 0.654. The molecule has 9 heteroatoms. The molecular weight excluding hydrogens is 456 g/mol. The maximum absolute atomic E-state index is 12.8. The van der Waals surface area contributed by atoms with Crippen molar-refractivity contribution in [2.24, 2.45) is 17.3 Å². The average Bonchev–Trinajstić information content (AvgIpc) is 3.56. The predicted molar refractivity (Wildman–Crippen MR) is 121 cm³/mol. The number of ether oxygens (including phenoxy) is 5. The van der Waals surface area contributed by atoms with E-state index in [4.69, 9.17) is 23.7 Å². The highest BCUT2D eigenvalue weighted by Gasteiger charge is 2.76. The third-order valence-corrected chi connectivity index (χ3v) is 8.21. The zero-order chi connectivity index (χ0) is 24.8. The standard InChI is InChI=1S/C26H32O9/c1-15-7-9-25-13-32-24(30)22(29)16(2)8-10-31-20(27)5-3-4-6-21(28)34-17-12-19(35-18(25)11-15)26(14-33-26)23(17)25/h3-6,11,16-19,22-23,29H,7-10,12-14H2,1-2H3/b5-3+,6-4-/t16-,17?,18?,19?,22+,23?,25-,26-/m1/s1. The van der Waals surface area contributed by atoms with Crippen LogP contribution in [0.5, 0.6) is 0 Å². The summed E-state index contributed by atoms with van der Waals surface area (Å²) >= 11 is 0. The van der Waals surface area contributed by atoms with Crippen molar-refractivity contribution < 1.29 is 43.2 Å². The number of carbonyl (C=O) groups excluding carboxylic acids is 3. The molecule has 3 heterocycles. The van der Waals surface area contributed by atoms with Crippen LogP contribution in [0, 0.1) is 17.3 Å². The third-order valence-electron chi connectivity index (χ3n) is 8.21. The third kappa shape index (κ3) is 4.34. The smallest absolute Gasteiger partial charge is 0.335 e. The van der Waals surface area contributed by atoms with Crippen LogP contribution in [0.4, 0.5) is 0 Å². The summed E-state index contributed by atoms with van der Waals surface area (Å²) in [5.74, 6) is -2.53. The minimum atomic E-state index is -1.36. The van der Waals surface area contributed by atoms with Gasteiger partial charge in [-0.2, -0.15) is 0 Å². The molecule has 5 aliphatic rings. The number of hydrogen-bond donors (Lipinski definition) is 1.